The lowest BCUT2D eigenvalue weighted by Crippen LogP contribution is -2.12. The zero-order valence-electron chi connectivity index (χ0n) is 10.9. The number of H-pyrrole nitrogens is 1. The average molecular weight is 310 g/mol. The maximum Gasteiger partial charge on any atom is 0.280 e. The quantitative estimate of drug-likeness (QED) is 0.767. The monoisotopic (exact) mass is 309 g/mol. The molecule has 21 heavy (non-hydrogen) atoms. The molecule has 0 aliphatic rings. The van der Waals surface area contributed by atoms with E-state index in [2.05, 4.69) is 15.0 Å². The molecule has 8 heteroatoms. The lowest BCUT2D eigenvalue weighted by molar-refractivity contribution is 0.622. The van der Waals surface area contributed by atoms with E-state index in [0.717, 1.165) is 5.56 Å². The molecule has 0 saturated heterocycles. The number of halogens is 2. The molecule has 3 aromatic rings. The number of fused-ring (bicyclic) bond motifs is 1. The SMILES string of the molecule is Cl.Nc1nc2c(ncn2CCc2cccc(F)c2)c(=O)[nH]1. The predicted octanol–water partition coefficient (Wildman–Crippen LogP) is 1.51. The van der Waals surface area contributed by atoms with Crippen LogP contribution in [0.2, 0.25) is 0 Å². The van der Waals surface area contributed by atoms with E-state index in [1.54, 1.807) is 10.6 Å². The Kier molecular flexibility index (Phi) is 4.23. The van der Waals surface area contributed by atoms with Crippen LogP contribution in [0, 0.1) is 5.82 Å². The fourth-order valence-corrected chi connectivity index (χ4v) is 2.08. The van der Waals surface area contributed by atoms with Crippen molar-refractivity contribution in [1.82, 2.24) is 19.5 Å². The van der Waals surface area contributed by atoms with Gasteiger partial charge in [-0.25, -0.2) is 9.37 Å². The second-order valence-electron chi connectivity index (χ2n) is 4.44. The molecule has 3 N–H and O–H groups in total. The van der Waals surface area contributed by atoms with Gasteiger partial charge in [0.05, 0.1) is 6.33 Å². The molecular weight excluding hydrogens is 297 g/mol. The fraction of sp³-hybridized carbons (Fsp3) is 0.154. The first-order valence-electron chi connectivity index (χ1n) is 6.08. The van der Waals surface area contributed by atoms with Crippen LogP contribution in [0.1, 0.15) is 5.56 Å². The Morgan fingerprint density at radius 2 is 2.19 bits per heavy atom. The first-order valence-corrected chi connectivity index (χ1v) is 6.08. The number of anilines is 1. The highest BCUT2D eigenvalue weighted by Gasteiger charge is 2.09. The molecule has 0 fully saturated rings. The van der Waals surface area contributed by atoms with Gasteiger partial charge in [-0.05, 0) is 24.1 Å². The highest BCUT2D eigenvalue weighted by molar-refractivity contribution is 5.85. The summed E-state index contributed by atoms with van der Waals surface area (Å²) in [5, 5.41) is 0. The van der Waals surface area contributed by atoms with Gasteiger partial charge in [-0.2, -0.15) is 4.98 Å². The van der Waals surface area contributed by atoms with E-state index in [9.17, 15) is 9.18 Å². The smallest absolute Gasteiger partial charge is 0.280 e. The first kappa shape index (κ1) is 15.0. The maximum absolute atomic E-state index is 13.1. The van der Waals surface area contributed by atoms with Crippen molar-refractivity contribution in [3.8, 4) is 0 Å². The minimum Gasteiger partial charge on any atom is -0.369 e. The Morgan fingerprint density at radius 1 is 1.38 bits per heavy atom. The number of aromatic amines is 1. The number of nitrogens with zero attached hydrogens (tertiary/aromatic N) is 3. The molecule has 110 valence electrons. The van der Waals surface area contributed by atoms with Crippen molar-refractivity contribution in [2.24, 2.45) is 0 Å². The second-order valence-corrected chi connectivity index (χ2v) is 4.44. The van der Waals surface area contributed by atoms with Gasteiger partial charge in [0.1, 0.15) is 5.82 Å². The molecule has 0 aliphatic heterocycles. The summed E-state index contributed by atoms with van der Waals surface area (Å²) in [5.74, 6) is -0.216. The number of aromatic nitrogens is 4. The van der Waals surface area contributed by atoms with Crippen LogP contribution in [0.5, 0.6) is 0 Å². The third kappa shape index (κ3) is 3.03. The van der Waals surface area contributed by atoms with Crippen LogP contribution in [0.3, 0.4) is 0 Å². The third-order valence-corrected chi connectivity index (χ3v) is 3.02. The molecule has 2 aromatic heterocycles. The largest absolute Gasteiger partial charge is 0.369 e. The highest BCUT2D eigenvalue weighted by Crippen LogP contribution is 2.09. The van der Waals surface area contributed by atoms with Crippen molar-refractivity contribution in [3.05, 3.63) is 52.3 Å². The van der Waals surface area contributed by atoms with Crippen molar-refractivity contribution < 1.29 is 4.39 Å². The van der Waals surface area contributed by atoms with Crippen LogP contribution in [0.25, 0.3) is 11.2 Å². The van der Waals surface area contributed by atoms with Crippen LogP contribution in [0.4, 0.5) is 10.3 Å². The number of nitrogen functional groups attached to an aromatic ring is 1. The molecule has 3 rings (SSSR count). The average Bonchev–Trinajstić information content (AvgIpc) is 2.80. The number of hydrogen-bond donors (Lipinski definition) is 2. The van der Waals surface area contributed by atoms with Crippen molar-refractivity contribution in [2.45, 2.75) is 13.0 Å². The van der Waals surface area contributed by atoms with Crippen LogP contribution in [0.15, 0.2) is 35.4 Å². The minimum atomic E-state index is -0.364. The number of rotatable bonds is 3. The van der Waals surface area contributed by atoms with E-state index in [1.165, 1.54) is 18.5 Å². The van der Waals surface area contributed by atoms with Crippen molar-refractivity contribution in [2.75, 3.05) is 5.73 Å². The van der Waals surface area contributed by atoms with Gasteiger partial charge >= 0.3 is 0 Å². The molecule has 0 amide bonds. The van der Waals surface area contributed by atoms with Crippen molar-refractivity contribution >= 4 is 29.5 Å². The number of nitrogens with one attached hydrogen (secondary N) is 1. The summed E-state index contributed by atoms with van der Waals surface area (Å²) >= 11 is 0. The van der Waals surface area contributed by atoms with E-state index in [1.807, 2.05) is 6.07 Å². The summed E-state index contributed by atoms with van der Waals surface area (Å²) in [4.78, 5) is 22.1. The molecule has 0 radical (unpaired) electrons. The van der Waals surface area contributed by atoms with Gasteiger partial charge in [-0.15, -0.1) is 12.4 Å². The molecule has 0 bridgehead atoms. The van der Waals surface area contributed by atoms with Gasteiger partial charge in [0.15, 0.2) is 11.2 Å². The number of hydrogen-bond acceptors (Lipinski definition) is 4. The fourth-order valence-electron chi connectivity index (χ4n) is 2.08. The number of benzene rings is 1. The molecule has 0 saturated carbocycles. The lowest BCUT2D eigenvalue weighted by Gasteiger charge is -2.04. The first-order chi connectivity index (χ1) is 9.63. The Hall–Kier alpha value is -2.41. The van der Waals surface area contributed by atoms with Gasteiger partial charge < -0.3 is 10.3 Å². The molecule has 0 unspecified atom stereocenters. The summed E-state index contributed by atoms with van der Waals surface area (Å²) in [6.07, 6.45) is 2.14. The zero-order valence-corrected chi connectivity index (χ0v) is 11.7. The van der Waals surface area contributed by atoms with E-state index in [0.29, 0.717) is 18.6 Å². The Balaban J connectivity index is 0.00000161. The van der Waals surface area contributed by atoms with E-state index in [4.69, 9.17) is 5.73 Å². The topological polar surface area (TPSA) is 89.6 Å². The Morgan fingerprint density at radius 3 is 2.95 bits per heavy atom. The summed E-state index contributed by atoms with van der Waals surface area (Å²) in [6, 6.07) is 6.39. The van der Waals surface area contributed by atoms with Gasteiger partial charge in [-0.1, -0.05) is 12.1 Å². The van der Waals surface area contributed by atoms with E-state index < -0.39 is 0 Å². The number of imidazole rings is 1. The van der Waals surface area contributed by atoms with E-state index >= 15 is 0 Å². The molecule has 0 spiro atoms. The predicted molar refractivity (Wildman–Crippen MR) is 79.9 cm³/mol. The zero-order chi connectivity index (χ0) is 14.1. The van der Waals surface area contributed by atoms with Gasteiger partial charge in [-0.3, -0.25) is 9.78 Å². The summed E-state index contributed by atoms with van der Waals surface area (Å²) in [5.41, 5.74) is 6.71. The van der Waals surface area contributed by atoms with Crippen LogP contribution in [-0.4, -0.2) is 19.5 Å². The van der Waals surface area contributed by atoms with Gasteiger partial charge in [0, 0.05) is 6.54 Å². The second kappa shape index (κ2) is 5.92. The molecule has 1 aromatic carbocycles. The third-order valence-electron chi connectivity index (χ3n) is 3.02. The van der Waals surface area contributed by atoms with Gasteiger partial charge in [0.2, 0.25) is 5.95 Å². The molecule has 0 aliphatic carbocycles. The molecular formula is C13H13ClFN5O. The van der Waals surface area contributed by atoms with Crippen LogP contribution in [-0.2, 0) is 13.0 Å². The molecule has 0 atom stereocenters. The number of aryl methyl sites for hydroxylation is 2. The lowest BCUT2D eigenvalue weighted by atomic mass is 10.1. The molecule has 2 heterocycles. The maximum atomic E-state index is 13.1. The standard InChI is InChI=1S/C13H12FN5O.ClH/c14-9-3-1-2-8(6-9)4-5-19-7-16-10-11(19)17-13(15)18-12(10)20;/h1-3,6-7H,4-5H2,(H3,15,17,18,20);1H. The highest BCUT2D eigenvalue weighted by atomic mass is 35.5. The number of nitrogens with two attached hydrogens (primary N) is 1. The van der Waals surface area contributed by atoms with Crippen LogP contribution < -0.4 is 11.3 Å². The Bertz CT molecular complexity index is 829. The Labute approximate surface area is 125 Å². The van der Waals surface area contributed by atoms with Crippen LogP contribution >= 0.6 is 12.4 Å². The normalized spacial score (nSPS) is 10.5. The minimum absolute atomic E-state index is 0. The summed E-state index contributed by atoms with van der Waals surface area (Å²) in [6.45, 7) is 0.538. The van der Waals surface area contributed by atoms with Gasteiger partial charge in [0.25, 0.3) is 5.56 Å². The van der Waals surface area contributed by atoms with E-state index in [-0.39, 0.29) is 35.2 Å². The molecule has 6 nitrogen and oxygen atoms in total. The van der Waals surface area contributed by atoms with Crippen molar-refractivity contribution in [3.63, 3.8) is 0 Å². The van der Waals surface area contributed by atoms with Crippen molar-refractivity contribution in [1.29, 1.82) is 0 Å². The summed E-state index contributed by atoms with van der Waals surface area (Å²) in [7, 11) is 0. The summed E-state index contributed by atoms with van der Waals surface area (Å²) < 4.78 is 14.8.